The van der Waals surface area contributed by atoms with Crippen molar-refractivity contribution in [3.63, 3.8) is 0 Å². The molecule has 26 nitrogen and oxygen atoms in total. The molecule has 26 heteroatoms. The van der Waals surface area contributed by atoms with Crippen LogP contribution in [0, 0.1) is 68.6 Å². The van der Waals surface area contributed by atoms with Gasteiger partial charge in [0.25, 0.3) is 11.4 Å². The number of Topliss-reactive ketones (excluding diaryl/α,β-unsaturated/α-hetero) is 2. The van der Waals surface area contributed by atoms with Crippen molar-refractivity contribution in [2.45, 2.75) is 91.6 Å². The summed E-state index contributed by atoms with van der Waals surface area (Å²) in [6.45, 7) is 17.5. The number of nitro benzene ring substituents is 2. The van der Waals surface area contributed by atoms with Crippen LogP contribution >= 0.6 is 0 Å². The Hall–Kier alpha value is -10.4. The molecule has 0 spiro atoms. The van der Waals surface area contributed by atoms with Crippen LogP contribution in [0.5, 0.6) is 0 Å². The molecule has 10 rings (SSSR count). The second-order valence-electron chi connectivity index (χ2n) is 25.3. The number of nitrogens with one attached hydrogen (secondary N) is 1. The molecular formula is C69H80N16O10. The SMILES string of the molecule is Cc1cnc(Cc2ccc(C(=O)CC3CCN(C)CC3)cc2[N+](=O)[O-])nc1N1CCN(C(=O)Nc2ccc(C#N)cc2)CC1.Cc1cnc(Cc2ccc(C(=O)CC3CCN(C)CC3)cc2[N+](=O)[O-])nc1N1CCN(C(=O)OC(C)(C)C)CC1.N#Cc1ccc(N=C=O)cc1. The van der Waals surface area contributed by atoms with Crippen molar-refractivity contribution >= 4 is 64.2 Å². The Morgan fingerprint density at radius 3 is 1.41 bits per heavy atom. The fourth-order valence-electron chi connectivity index (χ4n) is 11.5. The molecule has 1 N–H and O–H groups in total. The van der Waals surface area contributed by atoms with E-state index in [2.05, 4.69) is 60.0 Å². The number of hydrogen-bond acceptors (Lipinski definition) is 21. The predicted molar refractivity (Wildman–Crippen MR) is 357 cm³/mol. The number of aromatic nitrogens is 4. The van der Waals surface area contributed by atoms with Crippen molar-refractivity contribution in [3.05, 3.63) is 174 Å². The van der Waals surface area contributed by atoms with Crippen molar-refractivity contribution in [1.82, 2.24) is 39.5 Å². The van der Waals surface area contributed by atoms with Gasteiger partial charge in [-0.1, -0.05) is 24.3 Å². The Balaban J connectivity index is 0.000000210. The van der Waals surface area contributed by atoms with Crippen molar-refractivity contribution in [3.8, 4) is 12.1 Å². The molecule has 4 aliphatic rings. The highest BCUT2D eigenvalue weighted by Gasteiger charge is 2.30. The maximum absolute atomic E-state index is 13.0. The van der Waals surface area contributed by atoms with Crippen LogP contribution in [0.4, 0.5) is 44.0 Å². The summed E-state index contributed by atoms with van der Waals surface area (Å²) in [5, 5.41) is 44.2. The molecule has 4 aromatic carbocycles. The van der Waals surface area contributed by atoms with E-state index in [1.54, 1.807) is 95.0 Å². The molecule has 3 amide bonds. The number of aliphatic imine (C=N–C) groups is 1. The number of carbonyl (C=O) groups excluding carboxylic acids is 5. The van der Waals surface area contributed by atoms with Crippen LogP contribution in [0.2, 0.25) is 0 Å². The zero-order valence-electron chi connectivity index (χ0n) is 54.8. The Labute approximate surface area is 552 Å². The number of urea groups is 1. The maximum Gasteiger partial charge on any atom is 0.410 e. The number of amides is 3. The second-order valence-corrected chi connectivity index (χ2v) is 25.3. The third-order valence-electron chi connectivity index (χ3n) is 17.1. The summed E-state index contributed by atoms with van der Waals surface area (Å²) in [6, 6.07) is 26.3. The van der Waals surface area contributed by atoms with Gasteiger partial charge in [0, 0.05) is 142 Å². The molecule has 496 valence electrons. The fraction of sp³-hybridized carbons (Fsp3) is 0.435. The molecule has 6 aromatic rings. The largest absolute Gasteiger partial charge is 0.444 e. The number of nitrogens with zero attached hydrogens (tertiary/aromatic N) is 15. The van der Waals surface area contributed by atoms with Crippen LogP contribution in [-0.4, -0.2) is 177 Å². The van der Waals surface area contributed by atoms with E-state index < -0.39 is 15.4 Å². The topological polar surface area (TPSA) is 324 Å². The molecule has 4 aliphatic heterocycles. The summed E-state index contributed by atoms with van der Waals surface area (Å²) in [6.07, 6.45) is 9.50. The summed E-state index contributed by atoms with van der Waals surface area (Å²) in [5.41, 5.74) is 4.88. The maximum atomic E-state index is 13.0. The van der Waals surface area contributed by atoms with Gasteiger partial charge in [0.2, 0.25) is 6.08 Å². The quantitative estimate of drug-likeness (QED) is 0.0309. The van der Waals surface area contributed by atoms with E-state index in [-0.39, 0.29) is 47.9 Å². The number of isocyanates is 1. The monoisotopic (exact) mass is 1290 g/mol. The number of nitriles is 2. The lowest BCUT2D eigenvalue weighted by Crippen LogP contribution is -2.50. The Morgan fingerprint density at radius 2 is 1.02 bits per heavy atom. The van der Waals surface area contributed by atoms with Gasteiger partial charge in [0.15, 0.2) is 11.6 Å². The standard InChI is InChI=1S/C32H36N8O4.C29H40N6O5.C8H4N2O/c1-22-21-34-30(19-25-5-6-26(18-28(25)40(43)44)29(41)17-23-9-11-37(2)12-10-23)36-31(22)38-13-15-39(16-14-38)32(42)35-27-7-3-24(20-33)4-8-27;1-20-19-30-26(31-27(20)33-12-14-34(15-13-33)28(37)40-29(2,3)4)18-22-6-7-23(17-24(22)35(38)39)25(36)16-21-8-10-32(5)11-9-21;9-5-7-1-3-8(4-2-7)10-6-11/h3-8,18,21,23H,9-17,19H2,1-2H3,(H,35,42);6-7,17,19,21H,8-16,18H2,1-5H3;1-4H. The van der Waals surface area contributed by atoms with Gasteiger partial charge in [-0.15, -0.1) is 0 Å². The van der Waals surface area contributed by atoms with Gasteiger partial charge in [-0.25, -0.2) is 34.3 Å². The van der Waals surface area contributed by atoms with Crippen molar-refractivity contribution in [2.24, 2.45) is 16.8 Å². The number of likely N-dealkylation sites (tertiary alicyclic amines) is 2. The number of piperidine rings is 2. The predicted octanol–water partition coefficient (Wildman–Crippen LogP) is 10.2. The average molecular weight is 1290 g/mol. The zero-order valence-corrected chi connectivity index (χ0v) is 54.8. The normalized spacial score (nSPS) is 15.5. The highest BCUT2D eigenvalue weighted by molar-refractivity contribution is 5.97. The molecule has 4 saturated heterocycles. The molecule has 0 bridgehead atoms. The van der Waals surface area contributed by atoms with Crippen molar-refractivity contribution < 1.29 is 38.6 Å². The van der Waals surface area contributed by atoms with E-state index >= 15 is 0 Å². The van der Waals surface area contributed by atoms with Gasteiger partial charge in [-0.2, -0.15) is 15.5 Å². The van der Waals surface area contributed by atoms with E-state index in [1.807, 2.05) is 40.7 Å². The third kappa shape index (κ3) is 20.3. The van der Waals surface area contributed by atoms with Gasteiger partial charge >= 0.3 is 12.1 Å². The molecule has 0 aliphatic carbocycles. The average Bonchev–Trinajstić information content (AvgIpc) is 0.840. The highest BCUT2D eigenvalue weighted by Crippen LogP contribution is 2.31. The number of benzene rings is 4. The first kappa shape index (κ1) is 70.5. The molecule has 4 fully saturated rings. The number of carbonyl (C=O) groups is 4. The minimum Gasteiger partial charge on any atom is -0.444 e. The Morgan fingerprint density at radius 1 is 0.611 bits per heavy atom. The summed E-state index contributed by atoms with van der Waals surface area (Å²) >= 11 is 0. The fourth-order valence-corrected chi connectivity index (χ4v) is 11.5. The smallest absolute Gasteiger partial charge is 0.410 e. The number of piperazine rings is 2. The molecule has 6 heterocycles. The minimum absolute atomic E-state index is 0.0522. The number of ether oxygens (including phenoxy) is 1. The lowest BCUT2D eigenvalue weighted by molar-refractivity contribution is -0.385. The molecular weight excluding hydrogens is 1210 g/mol. The van der Waals surface area contributed by atoms with Crippen LogP contribution in [-0.2, 0) is 22.4 Å². The summed E-state index contributed by atoms with van der Waals surface area (Å²) in [5.74, 6) is 2.89. The van der Waals surface area contributed by atoms with Crippen molar-refractivity contribution in [1.29, 1.82) is 10.5 Å². The number of ketones is 2. The summed E-state index contributed by atoms with van der Waals surface area (Å²) in [4.78, 5) is 118. The van der Waals surface area contributed by atoms with E-state index in [0.717, 1.165) is 74.6 Å². The zero-order chi connectivity index (χ0) is 68.3. The van der Waals surface area contributed by atoms with E-state index in [9.17, 15) is 44.2 Å². The Bertz CT molecular complexity index is 3860. The number of hydrogen-bond donors (Lipinski definition) is 1. The Kier molecular flexibility index (Phi) is 24.4. The summed E-state index contributed by atoms with van der Waals surface area (Å²) in [7, 11) is 4.15. The minimum atomic E-state index is -0.548. The van der Waals surface area contributed by atoms with Crippen LogP contribution in [0.3, 0.4) is 0 Å². The van der Waals surface area contributed by atoms with Crippen LogP contribution in [0.25, 0.3) is 0 Å². The number of aryl methyl sites for hydroxylation is 2. The van der Waals surface area contributed by atoms with Crippen LogP contribution < -0.4 is 15.1 Å². The molecule has 0 radical (unpaired) electrons. The van der Waals surface area contributed by atoms with E-state index in [4.69, 9.17) is 25.2 Å². The van der Waals surface area contributed by atoms with Gasteiger partial charge in [-0.05, 0) is 161 Å². The molecule has 0 saturated carbocycles. The summed E-state index contributed by atoms with van der Waals surface area (Å²) < 4.78 is 5.49. The lowest BCUT2D eigenvalue weighted by atomic mass is 9.89. The first-order valence-corrected chi connectivity index (χ1v) is 31.7. The van der Waals surface area contributed by atoms with Gasteiger partial charge < -0.3 is 39.5 Å². The molecule has 95 heavy (non-hydrogen) atoms. The number of anilines is 3. The first-order valence-electron chi connectivity index (χ1n) is 31.7. The van der Waals surface area contributed by atoms with E-state index in [1.165, 1.54) is 18.2 Å². The lowest BCUT2D eigenvalue weighted by Gasteiger charge is -2.36. The van der Waals surface area contributed by atoms with Gasteiger partial charge in [0.1, 0.15) is 28.9 Å². The van der Waals surface area contributed by atoms with Crippen LogP contribution in [0.15, 0.2) is 102 Å². The first-order chi connectivity index (χ1) is 45.4. The van der Waals surface area contributed by atoms with Gasteiger partial charge in [0.05, 0.1) is 38.8 Å². The highest BCUT2D eigenvalue weighted by atomic mass is 16.6. The molecule has 0 unspecified atom stereocenters. The van der Waals surface area contributed by atoms with Gasteiger partial charge in [-0.3, -0.25) is 29.8 Å². The second kappa shape index (κ2) is 32.9. The van der Waals surface area contributed by atoms with E-state index in [0.29, 0.717) is 133 Å². The van der Waals surface area contributed by atoms with Crippen LogP contribution in [0.1, 0.15) is 125 Å². The molecule has 2 aromatic heterocycles. The third-order valence-corrected chi connectivity index (χ3v) is 17.1. The number of rotatable bonds is 16. The number of nitro groups is 2. The van der Waals surface area contributed by atoms with Crippen molar-refractivity contribution in [2.75, 3.05) is 108 Å². The molecule has 0 atom stereocenters.